The van der Waals surface area contributed by atoms with Gasteiger partial charge in [-0.15, -0.1) is 11.3 Å². The van der Waals surface area contributed by atoms with Crippen LogP contribution in [0.5, 0.6) is 0 Å². The maximum atomic E-state index is 11.2. The average Bonchev–Trinajstić information content (AvgIpc) is 2.87. The summed E-state index contributed by atoms with van der Waals surface area (Å²) >= 11 is 5.16. The second-order valence-corrected chi connectivity index (χ2v) is 6.10. The number of nitrogens with zero attached hydrogens (tertiary/aromatic N) is 1. The van der Waals surface area contributed by atoms with Crippen molar-refractivity contribution >= 4 is 33.2 Å². The highest BCUT2D eigenvalue weighted by Crippen LogP contribution is 2.42. The molecule has 18 heavy (non-hydrogen) atoms. The van der Waals surface area contributed by atoms with E-state index in [4.69, 9.17) is 0 Å². The van der Waals surface area contributed by atoms with E-state index in [0.29, 0.717) is 0 Å². The smallest absolute Gasteiger partial charge is 0.312 e. The Labute approximate surface area is 117 Å². The molecule has 1 aromatic heterocycles. The molecule has 0 bridgehead atoms. The summed E-state index contributed by atoms with van der Waals surface area (Å²) in [5.41, 5.74) is 3.48. The molecule has 1 aromatic carbocycles. The minimum atomic E-state index is -0.239. The minimum absolute atomic E-state index is 0.239. The van der Waals surface area contributed by atoms with E-state index in [1.54, 1.807) is 11.3 Å². The van der Waals surface area contributed by atoms with Crippen molar-refractivity contribution in [2.45, 2.75) is 12.8 Å². The maximum Gasteiger partial charge on any atom is 0.312 e. The molecule has 0 radical (unpaired) electrons. The molecular weight excluding hydrogens is 314 g/mol. The topological polar surface area (TPSA) is 39.2 Å². The van der Waals surface area contributed by atoms with Gasteiger partial charge < -0.3 is 4.74 Å². The summed E-state index contributed by atoms with van der Waals surface area (Å²) in [5, 5.41) is 0.831. The number of rotatable bonds is 2. The molecule has 2 aromatic rings. The van der Waals surface area contributed by atoms with E-state index in [0.717, 1.165) is 21.6 Å². The first-order valence-corrected chi connectivity index (χ1v) is 7.13. The van der Waals surface area contributed by atoms with Crippen molar-refractivity contribution in [1.29, 1.82) is 0 Å². The molecule has 0 aliphatic heterocycles. The first-order valence-electron chi connectivity index (χ1n) is 5.52. The molecular formula is C13H10BrNO2S. The van der Waals surface area contributed by atoms with Gasteiger partial charge >= 0.3 is 5.97 Å². The van der Waals surface area contributed by atoms with Gasteiger partial charge in [0.05, 0.1) is 19.2 Å². The van der Waals surface area contributed by atoms with Crippen LogP contribution in [0.1, 0.15) is 15.4 Å². The van der Waals surface area contributed by atoms with E-state index in [2.05, 4.69) is 31.7 Å². The average molecular weight is 324 g/mol. The number of hydrogen-bond acceptors (Lipinski definition) is 4. The summed E-state index contributed by atoms with van der Waals surface area (Å²) < 4.78 is 5.79. The van der Waals surface area contributed by atoms with Crippen LogP contribution in [0.25, 0.3) is 11.3 Å². The standard InChI is InChI=1S/C13H10BrNO2S/c1-17-12(16)6-11-15-13-7-3-2-4-9(14)8(7)5-10(13)18-11/h2-4H,5-6H2,1H3. The zero-order chi connectivity index (χ0) is 12.7. The molecule has 0 fully saturated rings. The Balaban J connectivity index is 1.98. The molecule has 0 unspecified atom stereocenters. The van der Waals surface area contributed by atoms with Crippen LogP contribution in [-0.4, -0.2) is 18.1 Å². The number of carbonyl (C=O) groups is 1. The van der Waals surface area contributed by atoms with E-state index in [1.807, 2.05) is 12.1 Å². The van der Waals surface area contributed by atoms with Crippen LogP contribution in [0.2, 0.25) is 0 Å². The third kappa shape index (κ3) is 1.87. The highest BCUT2D eigenvalue weighted by atomic mass is 79.9. The molecule has 3 rings (SSSR count). The number of halogens is 1. The Bertz CT molecular complexity index is 636. The van der Waals surface area contributed by atoms with Crippen LogP contribution >= 0.6 is 27.3 Å². The van der Waals surface area contributed by atoms with Gasteiger partial charge in [-0.3, -0.25) is 4.79 Å². The van der Waals surface area contributed by atoms with Gasteiger partial charge in [0.15, 0.2) is 0 Å². The number of esters is 1. The molecule has 3 nitrogen and oxygen atoms in total. The van der Waals surface area contributed by atoms with Gasteiger partial charge in [0.1, 0.15) is 5.01 Å². The van der Waals surface area contributed by atoms with E-state index < -0.39 is 0 Å². The number of carbonyl (C=O) groups excluding carboxylic acids is 1. The van der Waals surface area contributed by atoms with Crippen LogP contribution in [-0.2, 0) is 22.4 Å². The van der Waals surface area contributed by atoms with Crippen molar-refractivity contribution in [2.24, 2.45) is 0 Å². The van der Waals surface area contributed by atoms with Crippen molar-refractivity contribution < 1.29 is 9.53 Å². The Morgan fingerprint density at radius 3 is 3.17 bits per heavy atom. The third-order valence-corrected chi connectivity index (χ3v) is 4.77. The number of ether oxygens (including phenoxy) is 1. The molecule has 0 atom stereocenters. The fourth-order valence-corrected chi connectivity index (χ4v) is 3.71. The summed E-state index contributed by atoms with van der Waals surface area (Å²) in [6.07, 6.45) is 1.16. The van der Waals surface area contributed by atoms with Gasteiger partial charge in [-0.1, -0.05) is 28.1 Å². The van der Waals surface area contributed by atoms with Gasteiger partial charge in [-0.05, 0) is 11.6 Å². The monoisotopic (exact) mass is 323 g/mol. The lowest BCUT2D eigenvalue weighted by Gasteiger charge is -2.01. The second kappa shape index (κ2) is 4.48. The van der Waals surface area contributed by atoms with E-state index in [-0.39, 0.29) is 12.4 Å². The molecule has 1 aliphatic carbocycles. The lowest BCUT2D eigenvalue weighted by Crippen LogP contribution is -2.03. The SMILES string of the molecule is COC(=O)Cc1nc2c(s1)Cc1c(Br)cccc1-2. The molecule has 0 N–H and O–H groups in total. The minimum Gasteiger partial charge on any atom is -0.469 e. The van der Waals surface area contributed by atoms with Crippen LogP contribution in [0.15, 0.2) is 22.7 Å². The zero-order valence-corrected chi connectivity index (χ0v) is 12.1. The molecule has 1 aliphatic rings. The van der Waals surface area contributed by atoms with Gasteiger partial charge in [-0.2, -0.15) is 0 Å². The van der Waals surface area contributed by atoms with Crippen molar-refractivity contribution in [2.75, 3.05) is 7.11 Å². The maximum absolute atomic E-state index is 11.2. The molecule has 0 saturated heterocycles. The predicted octanol–water partition coefficient (Wildman–Crippen LogP) is 3.19. The van der Waals surface area contributed by atoms with Gasteiger partial charge in [-0.25, -0.2) is 4.98 Å². The Kier molecular flexibility index (Phi) is 2.95. The van der Waals surface area contributed by atoms with Crippen molar-refractivity contribution in [3.63, 3.8) is 0 Å². The molecule has 5 heteroatoms. The summed E-state index contributed by atoms with van der Waals surface area (Å²) in [7, 11) is 1.40. The lowest BCUT2D eigenvalue weighted by molar-refractivity contribution is -0.139. The number of thiazole rings is 1. The fourth-order valence-electron chi connectivity index (χ4n) is 2.12. The number of aromatic nitrogens is 1. The van der Waals surface area contributed by atoms with Crippen LogP contribution in [0.4, 0.5) is 0 Å². The van der Waals surface area contributed by atoms with E-state index >= 15 is 0 Å². The first kappa shape index (κ1) is 11.9. The summed E-state index contributed by atoms with van der Waals surface area (Å²) in [6, 6.07) is 6.13. The van der Waals surface area contributed by atoms with Gasteiger partial charge in [0, 0.05) is 21.3 Å². The first-order chi connectivity index (χ1) is 8.69. The highest BCUT2D eigenvalue weighted by Gasteiger charge is 2.25. The lowest BCUT2D eigenvalue weighted by atomic mass is 10.1. The quantitative estimate of drug-likeness (QED) is 0.680. The fraction of sp³-hybridized carbons (Fsp3) is 0.231. The normalized spacial score (nSPS) is 12.1. The Morgan fingerprint density at radius 1 is 1.56 bits per heavy atom. The van der Waals surface area contributed by atoms with E-state index in [9.17, 15) is 4.79 Å². The molecule has 1 heterocycles. The number of benzene rings is 1. The molecule has 0 saturated carbocycles. The number of hydrogen-bond donors (Lipinski definition) is 0. The molecule has 0 amide bonds. The van der Waals surface area contributed by atoms with Gasteiger partial charge in [0.25, 0.3) is 0 Å². The summed E-state index contributed by atoms with van der Waals surface area (Å²) in [5.74, 6) is -0.239. The second-order valence-electron chi connectivity index (χ2n) is 4.08. The number of fused-ring (bicyclic) bond motifs is 3. The van der Waals surface area contributed by atoms with Gasteiger partial charge in [0.2, 0.25) is 0 Å². The summed E-state index contributed by atoms with van der Waals surface area (Å²) in [4.78, 5) is 17.0. The Hall–Kier alpha value is -1.20. The summed E-state index contributed by atoms with van der Waals surface area (Å²) in [6.45, 7) is 0. The zero-order valence-electron chi connectivity index (χ0n) is 9.70. The largest absolute Gasteiger partial charge is 0.469 e. The number of methoxy groups -OCH3 is 1. The highest BCUT2D eigenvalue weighted by molar-refractivity contribution is 9.10. The van der Waals surface area contributed by atoms with Crippen LogP contribution in [0, 0.1) is 0 Å². The van der Waals surface area contributed by atoms with Crippen molar-refractivity contribution in [3.05, 3.63) is 38.1 Å². The molecule has 92 valence electrons. The molecule has 0 spiro atoms. The van der Waals surface area contributed by atoms with Crippen LogP contribution < -0.4 is 0 Å². The van der Waals surface area contributed by atoms with Crippen LogP contribution in [0.3, 0.4) is 0 Å². The van der Waals surface area contributed by atoms with Crippen molar-refractivity contribution in [3.8, 4) is 11.3 Å². The predicted molar refractivity (Wildman–Crippen MR) is 73.8 cm³/mol. The Morgan fingerprint density at radius 2 is 2.39 bits per heavy atom. The third-order valence-electron chi connectivity index (χ3n) is 2.98. The van der Waals surface area contributed by atoms with Crippen molar-refractivity contribution in [1.82, 2.24) is 4.98 Å². The van der Waals surface area contributed by atoms with E-state index in [1.165, 1.54) is 23.1 Å².